The number of fused-ring (bicyclic) bond motifs is 3. The molecule has 1 saturated heterocycles. The van der Waals surface area contributed by atoms with E-state index in [9.17, 15) is 18.0 Å². The van der Waals surface area contributed by atoms with Gasteiger partial charge in [0, 0.05) is 36.9 Å². The summed E-state index contributed by atoms with van der Waals surface area (Å²) in [5.41, 5.74) is 0.445. The highest BCUT2D eigenvalue weighted by atomic mass is 19.4. The summed E-state index contributed by atoms with van der Waals surface area (Å²) in [5, 5.41) is 6.08. The molecule has 0 unspecified atom stereocenters. The van der Waals surface area contributed by atoms with Crippen LogP contribution in [0.2, 0.25) is 0 Å². The van der Waals surface area contributed by atoms with Crippen molar-refractivity contribution in [1.29, 1.82) is 0 Å². The van der Waals surface area contributed by atoms with Crippen LogP contribution in [-0.2, 0) is 6.18 Å². The summed E-state index contributed by atoms with van der Waals surface area (Å²) in [6, 6.07) is 16.0. The molecule has 2 aromatic heterocycles. The molecule has 0 radical (unpaired) electrons. The minimum atomic E-state index is -4.40. The van der Waals surface area contributed by atoms with Gasteiger partial charge in [0.2, 0.25) is 0 Å². The van der Waals surface area contributed by atoms with Crippen molar-refractivity contribution in [3.8, 4) is 0 Å². The standard InChI is InChI=1S/C25H21F3N4O/c26-25(27,28)17-7-8-22(30-15-17)32-12-9-18(10-13-32)31-24(33)21-14-16-4-1-2-5-19(16)20-6-3-11-29-23(20)21/h1-8,11,14-15,18H,9-10,12-13H2,(H,31,33). The first-order valence-corrected chi connectivity index (χ1v) is 10.8. The highest BCUT2D eigenvalue weighted by molar-refractivity contribution is 6.15. The number of hydrogen-bond acceptors (Lipinski definition) is 4. The lowest BCUT2D eigenvalue weighted by Crippen LogP contribution is -2.45. The maximum absolute atomic E-state index is 13.2. The summed E-state index contributed by atoms with van der Waals surface area (Å²) in [7, 11) is 0. The number of nitrogens with zero attached hydrogens (tertiary/aromatic N) is 3. The molecule has 5 rings (SSSR count). The number of benzene rings is 2. The molecule has 1 aliphatic rings. The van der Waals surface area contributed by atoms with Gasteiger partial charge in [0.15, 0.2) is 0 Å². The second-order valence-corrected chi connectivity index (χ2v) is 8.18. The Labute approximate surface area is 188 Å². The minimum Gasteiger partial charge on any atom is -0.356 e. The Morgan fingerprint density at radius 3 is 2.45 bits per heavy atom. The monoisotopic (exact) mass is 450 g/mol. The molecule has 0 spiro atoms. The van der Waals surface area contributed by atoms with Crippen LogP contribution in [0.15, 0.2) is 67.0 Å². The molecule has 2 aromatic carbocycles. The molecule has 33 heavy (non-hydrogen) atoms. The summed E-state index contributed by atoms with van der Waals surface area (Å²) in [6.07, 6.45) is -0.504. The van der Waals surface area contributed by atoms with E-state index in [0.29, 0.717) is 42.8 Å². The van der Waals surface area contributed by atoms with E-state index in [2.05, 4.69) is 15.3 Å². The van der Waals surface area contributed by atoms with Gasteiger partial charge < -0.3 is 10.2 Å². The lowest BCUT2D eigenvalue weighted by atomic mass is 9.99. The number of carbonyl (C=O) groups is 1. The van der Waals surface area contributed by atoms with Gasteiger partial charge >= 0.3 is 6.18 Å². The fourth-order valence-electron chi connectivity index (χ4n) is 4.36. The second kappa shape index (κ2) is 8.35. The number of carbonyl (C=O) groups excluding carboxylic acids is 1. The van der Waals surface area contributed by atoms with Crippen LogP contribution in [0.25, 0.3) is 21.7 Å². The Bertz CT molecular complexity index is 1310. The Balaban J connectivity index is 1.29. The van der Waals surface area contributed by atoms with Crippen molar-refractivity contribution >= 4 is 33.4 Å². The van der Waals surface area contributed by atoms with Crippen LogP contribution < -0.4 is 10.2 Å². The summed E-state index contributed by atoms with van der Waals surface area (Å²) in [4.78, 5) is 23.6. The molecule has 1 aliphatic heterocycles. The van der Waals surface area contributed by atoms with Crippen LogP contribution in [0, 0.1) is 0 Å². The van der Waals surface area contributed by atoms with Crippen LogP contribution in [0.3, 0.4) is 0 Å². The highest BCUT2D eigenvalue weighted by Gasteiger charge is 2.31. The van der Waals surface area contributed by atoms with E-state index in [4.69, 9.17) is 0 Å². The molecule has 0 atom stereocenters. The van der Waals surface area contributed by atoms with Gasteiger partial charge in [0.1, 0.15) is 5.82 Å². The van der Waals surface area contributed by atoms with E-state index in [1.807, 2.05) is 47.4 Å². The van der Waals surface area contributed by atoms with Gasteiger partial charge in [0.25, 0.3) is 5.91 Å². The quantitative estimate of drug-likeness (QED) is 0.436. The van der Waals surface area contributed by atoms with Crippen molar-refractivity contribution in [1.82, 2.24) is 15.3 Å². The van der Waals surface area contributed by atoms with Gasteiger partial charge in [-0.05, 0) is 47.9 Å². The predicted molar refractivity (Wildman–Crippen MR) is 121 cm³/mol. The molecular formula is C25H21F3N4O. The SMILES string of the molecule is O=C(NC1CCN(c2ccc(C(F)(F)F)cn2)CC1)c1cc2ccccc2c2cccnc12. The fraction of sp³-hybridized carbons (Fsp3) is 0.240. The third-order valence-corrected chi connectivity index (χ3v) is 6.09. The van der Waals surface area contributed by atoms with E-state index in [1.165, 1.54) is 6.07 Å². The molecule has 4 aromatic rings. The molecule has 3 heterocycles. The minimum absolute atomic E-state index is 0.0339. The van der Waals surface area contributed by atoms with Crippen LogP contribution in [0.4, 0.5) is 19.0 Å². The maximum Gasteiger partial charge on any atom is 0.417 e. The topological polar surface area (TPSA) is 58.1 Å². The van der Waals surface area contributed by atoms with E-state index in [0.717, 1.165) is 28.4 Å². The Morgan fingerprint density at radius 2 is 1.73 bits per heavy atom. The largest absolute Gasteiger partial charge is 0.417 e. The van der Waals surface area contributed by atoms with Gasteiger partial charge in [-0.3, -0.25) is 9.78 Å². The molecule has 0 bridgehead atoms. The van der Waals surface area contributed by atoms with Gasteiger partial charge in [-0.1, -0.05) is 30.3 Å². The molecule has 5 nitrogen and oxygen atoms in total. The maximum atomic E-state index is 13.2. The number of pyridine rings is 2. The molecule has 1 N–H and O–H groups in total. The summed E-state index contributed by atoms with van der Waals surface area (Å²) < 4.78 is 38.3. The number of hydrogen-bond donors (Lipinski definition) is 1. The van der Waals surface area contributed by atoms with Crippen molar-refractivity contribution in [2.45, 2.75) is 25.1 Å². The lowest BCUT2D eigenvalue weighted by Gasteiger charge is -2.33. The number of aromatic nitrogens is 2. The lowest BCUT2D eigenvalue weighted by molar-refractivity contribution is -0.137. The number of alkyl halides is 3. The van der Waals surface area contributed by atoms with Gasteiger partial charge in [0.05, 0.1) is 16.6 Å². The summed E-state index contributed by atoms with van der Waals surface area (Å²) in [6.45, 7) is 1.19. The second-order valence-electron chi connectivity index (χ2n) is 8.18. The normalized spacial score (nSPS) is 15.2. The van der Waals surface area contributed by atoms with Crippen LogP contribution in [-0.4, -0.2) is 35.0 Å². The van der Waals surface area contributed by atoms with E-state index >= 15 is 0 Å². The van der Waals surface area contributed by atoms with Crippen LogP contribution >= 0.6 is 0 Å². The number of piperidine rings is 1. The number of halogens is 3. The van der Waals surface area contributed by atoms with E-state index in [-0.39, 0.29) is 11.9 Å². The summed E-state index contributed by atoms with van der Waals surface area (Å²) >= 11 is 0. The molecule has 0 aliphatic carbocycles. The number of nitrogens with one attached hydrogen (secondary N) is 1. The summed E-state index contributed by atoms with van der Waals surface area (Å²) in [5.74, 6) is 0.341. The molecular weight excluding hydrogens is 429 g/mol. The van der Waals surface area contributed by atoms with E-state index < -0.39 is 11.7 Å². The first kappa shape index (κ1) is 21.2. The zero-order valence-corrected chi connectivity index (χ0v) is 17.6. The number of anilines is 1. The Kier molecular flexibility index (Phi) is 5.36. The predicted octanol–water partition coefficient (Wildman–Crippen LogP) is 5.20. The van der Waals surface area contributed by atoms with Crippen molar-refractivity contribution < 1.29 is 18.0 Å². The molecule has 0 saturated carbocycles. The molecule has 1 fully saturated rings. The zero-order valence-electron chi connectivity index (χ0n) is 17.6. The average Bonchev–Trinajstić information content (AvgIpc) is 2.83. The van der Waals surface area contributed by atoms with Gasteiger partial charge in [-0.2, -0.15) is 13.2 Å². The Hall–Kier alpha value is -3.68. The first-order chi connectivity index (χ1) is 15.9. The fourth-order valence-corrected chi connectivity index (χ4v) is 4.36. The smallest absolute Gasteiger partial charge is 0.356 e. The van der Waals surface area contributed by atoms with Crippen molar-refractivity contribution in [3.63, 3.8) is 0 Å². The van der Waals surface area contributed by atoms with Crippen molar-refractivity contribution in [2.24, 2.45) is 0 Å². The van der Waals surface area contributed by atoms with Gasteiger partial charge in [-0.25, -0.2) is 4.98 Å². The Morgan fingerprint density at radius 1 is 0.970 bits per heavy atom. The average molecular weight is 450 g/mol. The highest BCUT2D eigenvalue weighted by Crippen LogP contribution is 2.30. The molecule has 8 heteroatoms. The first-order valence-electron chi connectivity index (χ1n) is 10.8. The zero-order chi connectivity index (χ0) is 23.0. The van der Waals surface area contributed by atoms with Gasteiger partial charge in [-0.15, -0.1) is 0 Å². The third-order valence-electron chi connectivity index (χ3n) is 6.09. The van der Waals surface area contributed by atoms with Crippen LogP contribution in [0.1, 0.15) is 28.8 Å². The van der Waals surface area contributed by atoms with Crippen LogP contribution in [0.5, 0.6) is 0 Å². The van der Waals surface area contributed by atoms with Crippen molar-refractivity contribution in [3.05, 3.63) is 78.1 Å². The molecule has 1 amide bonds. The third kappa shape index (κ3) is 4.20. The number of amides is 1. The number of rotatable bonds is 3. The van der Waals surface area contributed by atoms with Crippen molar-refractivity contribution in [2.75, 3.05) is 18.0 Å². The van der Waals surface area contributed by atoms with E-state index in [1.54, 1.807) is 6.20 Å². The molecule has 168 valence electrons.